The Morgan fingerprint density at radius 3 is 2.53 bits per heavy atom. The summed E-state index contributed by atoms with van der Waals surface area (Å²) in [4.78, 5) is 18.4. The molecule has 0 atom stereocenters. The number of hydrogen-bond acceptors (Lipinski definition) is 3. The quantitative estimate of drug-likeness (QED) is 0.485. The highest BCUT2D eigenvalue weighted by Gasteiger charge is 2.09. The Hall–Kier alpha value is -3.16. The average molecular weight is 418 g/mol. The lowest BCUT2D eigenvalue weighted by Gasteiger charge is -2.22. The number of aliphatic imine (C=N–C) groups is 1. The number of alkyl halides is 2. The molecule has 0 aromatic heterocycles. The van der Waals surface area contributed by atoms with Crippen molar-refractivity contribution in [2.45, 2.75) is 26.5 Å². The monoisotopic (exact) mass is 418 g/mol. The van der Waals surface area contributed by atoms with Crippen LogP contribution in [0.2, 0.25) is 0 Å². The minimum atomic E-state index is -2.83. The molecule has 162 valence electrons. The normalized spacial score (nSPS) is 11.3. The Balaban J connectivity index is 1.98. The molecule has 0 heterocycles. The van der Waals surface area contributed by atoms with Gasteiger partial charge in [-0.1, -0.05) is 24.3 Å². The molecule has 0 saturated carbocycles. The van der Waals surface area contributed by atoms with Crippen LogP contribution in [0.15, 0.2) is 53.5 Å². The maximum absolute atomic E-state index is 12.3. The van der Waals surface area contributed by atoms with Gasteiger partial charge in [0, 0.05) is 39.3 Å². The molecule has 0 saturated heterocycles. The SMILES string of the molecule is CCNC(=NCCc1cccc(C(=O)NC)c1)N(C)Cc1ccc(OC(F)F)cc1. The number of carbonyl (C=O) groups is 1. The molecule has 0 fully saturated rings. The maximum Gasteiger partial charge on any atom is 0.387 e. The van der Waals surface area contributed by atoms with Crippen LogP contribution in [0.25, 0.3) is 0 Å². The summed E-state index contributed by atoms with van der Waals surface area (Å²) < 4.78 is 28.9. The summed E-state index contributed by atoms with van der Waals surface area (Å²) in [5.74, 6) is 0.766. The highest BCUT2D eigenvalue weighted by Crippen LogP contribution is 2.16. The average Bonchev–Trinajstić information content (AvgIpc) is 2.73. The van der Waals surface area contributed by atoms with Gasteiger partial charge in [0.15, 0.2) is 5.96 Å². The Labute approximate surface area is 175 Å². The van der Waals surface area contributed by atoms with Crippen molar-refractivity contribution in [1.82, 2.24) is 15.5 Å². The molecule has 2 aromatic rings. The van der Waals surface area contributed by atoms with Gasteiger partial charge in [-0.15, -0.1) is 0 Å². The maximum atomic E-state index is 12.3. The minimum Gasteiger partial charge on any atom is -0.435 e. The summed E-state index contributed by atoms with van der Waals surface area (Å²) in [7, 11) is 3.52. The second-order valence-electron chi connectivity index (χ2n) is 6.64. The molecule has 2 N–H and O–H groups in total. The molecule has 0 bridgehead atoms. The van der Waals surface area contributed by atoms with Crippen molar-refractivity contribution in [3.8, 4) is 5.75 Å². The van der Waals surface area contributed by atoms with Gasteiger partial charge in [0.1, 0.15) is 5.75 Å². The van der Waals surface area contributed by atoms with Gasteiger partial charge >= 0.3 is 6.61 Å². The zero-order valence-electron chi connectivity index (χ0n) is 17.5. The van der Waals surface area contributed by atoms with Gasteiger partial charge in [-0.05, 0) is 48.7 Å². The van der Waals surface area contributed by atoms with E-state index in [0.717, 1.165) is 23.6 Å². The van der Waals surface area contributed by atoms with E-state index in [1.807, 2.05) is 37.1 Å². The van der Waals surface area contributed by atoms with Crippen LogP contribution in [0.4, 0.5) is 8.78 Å². The fourth-order valence-corrected chi connectivity index (χ4v) is 2.90. The predicted octanol–water partition coefficient (Wildman–Crippen LogP) is 3.29. The van der Waals surface area contributed by atoms with Crippen molar-refractivity contribution in [1.29, 1.82) is 0 Å². The van der Waals surface area contributed by atoms with Crippen molar-refractivity contribution in [2.24, 2.45) is 4.99 Å². The summed E-state index contributed by atoms with van der Waals surface area (Å²) in [6, 6.07) is 14.0. The number of carbonyl (C=O) groups excluding carboxylic acids is 1. The highest BCUT2D eigenvalue weighted by atomic mass is 19.3. The van der Waals surface area contributed by atoms with Gasteiger partial charge in [-0.2, -0.15) is 8.78 Å². The van der Waals surface area contributed by atoms with Crippen molar-refractivity contribution in [2.75, 3.05) is 27.2 Å². The lowest BCUT2D eigenvalue weighted by Crippen LogP contribution is -2.38. The van der Waals surface area contributed by atoms with Crippen LogP contribution in [0.1, 0.15) is 28.4 Å². The second-order valence-corrected chi connectivity index (χ2v) is 6.64. The van der Waals surface area contributed by atoms with Crippen LogP contribution < -0.4 is 15.4 Å². The molecule has 0 aliphatic carbocycles. The summed E-state index contributed by atoms with van der Waals surface area (Å²) in [5, 5.41) is 5.88. The van der Waals surface area contributed by atoms with Crippen LogP contribution >= 0.6 is 0 Å². The Morgan fingerprint density at radius 1 is 1.17 bits per heavy atom. The molecular weight excluding hydrogens is 390 g/mol. The van der Waals surface area contributed by atoms with E-state index in [2.05, 4.69) is 20.4 Å². The smallest absolute Gasteiger partial charge is 0.387 e. The number of rotatable bonds is 9. The lowest BCUT2D eigenvalue weighted by molar-refractivity contribution is -0.0498. The molecule has 6 nitrogen and oxygen atoms in total. The van der Waals surface area contributed by atoms with Gasteiger partial charge in [0.2, 0.25) is 0 Å². The number of halogens is 2. The summed E-state index contributed by atoms with van der Waals surface area (Å²) in [5.41, 5.74) is 2.61. The summed E-state index contributed by atoms with van der Waals surface area (Å²) >= 11 is 0. The Kier molecular flexibility index (Phi) is 9.05. The van der Waals surface area contributed by atoms with Gasteiger partial charge in [-0.25, -0.2) is 0 Å². The van der Waals surface area contributed by atoms with E-state index in [4.69, 9.17) is 0 Å². The fourth-order valence-electron chi connectivity index (χ4n) is 2.90. The third-order valence-corrected chi connectivity index (χ3v) is 4.34. The molecule has 0 radical (unpaired) electrons. The van der Waals surface area contributed by atoms with E-state index in [-0.39, 0.29) is 11.7 Å². The second kappa shape index (κ2) is 11.7. The molecule has 8 heteroatoms. The van der Waals surface area contributed by atoms with Gasteiger partial charge in [-0.3, -0.25) is 9.79 Å². The van der Waals surface area contributed by atoms with Crippen LogP contribution in [-0.2, 0) is 13.0 Å². The number of nitrogens with zero attached hydrogens (tertiary/aromatic N) is 2. The van der Waals surface area contributed by atoms with E-state index >= 15 is 0 Å². The number of ether oxygens (including phenoxy) is 1. The molecule has 2 aromatic carbocycles. The molecule has 0 aliphatic rings. The largest absolute Gasteiger partial charge is 0.435 e. The number of amides is 1. The Morgan fingerprint density at radius 2 is 1.90 bits per heavy atom. The summed E-state index contributed by atoms with van der Waals surface area (Å²) in [6.45, 7) is 1.00. The van der Waals surface area contributed by atoms with Crippen LogP contribution in [0.5, 0.6) is 5.75 Å². The third kappa shape index (κ3) is 7.35. The molecule has 1 amide bonds. The van der Waals surface area contributed by atoms with Crippen LogP contribution in [0, 0.1) is 0 Å². The zero-order valence-corrected chi connectivity index (χ0v) is 17.5. The molecule has 0 unspecified atom stereocenters. The number of nitrogens with one attached hydrogen (secondary N) is 2. The molecule has 0 aliphatic heterocycles. The number of hydrogen-bond donors (Lipinski definition) is 2. The minimum absolute atomic E-state index is 0.113. The lowest BCUT2D eigenvalue weighted by atomic mass is 10.1. The van der Waals surface area contributed by atoms with Crippen LogP contribution in [-0.4, -0.2) is 50.6 Å². The predicted molar refractivity (Wildman–Crippen MR) is 114 cm³/mol. The van der Waals surface area contributed by atoms with Crippen LogP contribution in [0.3, 0.4) is 0 Å². The first-order chi connectivity index (χ1) is 14.4. The molecule has 2 rings (SSSR count). The standard InChI is InChI=1S/C22H28F2N4O2/c1-4-26-22(27-13-12-16-6-5-7-18(14-16)20(29)25-2)28(3)15-17-8-10-19(11-9-17)30-21(23)24/h5-11,14,21H,4,12-13,15H2,1-3H3,(H,25,29)(H,26,27). The van der Waals surface area contributed by atoms with E-state index in [0.29, 0.717) is 25.1 Å². The van der Waals surface area contributed by atoms with Gasteiger partial charge in [0.25, 0.3) is 5.91 Å². The van der Waals surface area contributed by atoms with Crippen molar-refractivity contribution in [3.05, 3.63) is 65.2 Å². The molecule has 0 spiro atoms. The van der Waals surface area contributed by atoms with Gasteiger partial charge < -0.3 is 20.3 Å². The van der Waals surface area contributed by atoms with Crippen molar-refractivity contribution < 1.29 is 18.3 Å². The highest BCUT2D eigenvalue weighted by molar-refractivity contribution is 5.94. The number of benzene rings is 2. The van der Waals surface area contributed by atoms with E-state index in [1.54, 1.807) is 25.2 Å². The zero-order chi connectivity index (χ0) is 21.9. The first-order valence-corrected chi connectivity index (χ1v) is 9.77. The number of guanidine groups is 1. The summed E-state index contributed by atoms with van der Waals surface area (Å²) in [6.07, 6.45) is 0.702. The first kappa shape index (κ1) is 23.1. The fraction of sp³-hybridized carbons (Fsp3) is 0.364. The third-order valence-electron chi connectivity index (χ3n) is 4.34. The molecule has 30 heavy (non-hydrogen) atoms. The topological polar surface area (TPSA) is 66.0 Å². The van der Waals surface area contributed by atoms with E-state index in [9.17, 15) is 13.6 Å². The van der Waals surface area contributed by atoms with E-state index in [1.165, 1.54) is 12.1 Å². The molecular formula is C22H28F2N4O2. The first-order valence-electron chi connectivity index (χ1n) is 9.77. The van der Waals surface area contributed by atoms with Crippen molar-refractivity contribution >= 4 is 11.9 Å². The van der Waals surface area contributed by atoms with Gasteiger partial charge in [0.05, 0.1) is 0 Å². The van der Waals surface area contributed by atoms with E-state index < -0.39 is 6.61 Å². The van der Waals surface area contributed by atoms with Crippen molar-refractivity contribution in [3.63, 3.8) is 0 Å². The Bertz CT molecular complexity index is 841.